The minimum absolute atomic E-state index is 0.0192. The summed E-state index contributed by atoms with van der Waals surface area (Å²) in [6.45, 7) is 10.1. The maximum absolute atomic E-state index is 12.0. The summed E-state index contributed by atoms with van der Waals surface area (Å²) in [5.74, 6) is -0.631. The highest BCUT2D eigenvalue weighted by molar-refractivity contribution is 5.98. The van der Waals surface area contributed by atoms with Gasteiger partial charge in [-0.1, -0.05) is 19.1 Å². The van der Waals surface area contributed by atoms with Gasteiger partial charge in [0, 0.05) is 24.9 Å². The summed E-state index contributed by atoms with van der Waals surface area (Å²) in [6.07, 6.45) is 4.90. The third-order valence-corrected chi connectivity index (χ3v) is 4.62. The zero-order chi connectivity index (χ0) is 20.0. The summed E-state index contributed by atoms with van der Waals surface area (Å²) in [4.78, 5) is 14.4. The number of nitriles is 1. The number of fused-ring (bicyclic) bond motifs is 1. The van der Waals surface area contributed by atoms with Crippen molar-refractivity contribution in [3.05, 3.63) is 41.0 Å². The smallest absolute Gasteiger partial charge is 0.348 e. The van der Waals surface area contributed by atoms with E-state index in [1.165, 1.54) is 18.4 Å². The molecule has 0 amide bonds. The molecule has 0 N–H and O–H groups in total. The minimum atomic E-state index is -0.631. The zero-order valence-electron chi connectivity index (χ0n) is 16.8. The number of carbonyl (C=O) groups is 1. The van der Waals surface area contributed by atoms with E-state index in [2.05, 4.69) is 44.7 Å². The molecule has 1 aliphatic rings. The quantitative estimate of drug-likeness (QED) is 0.312. The fraction of sp³-hybridized carbons (Fsp3) is 0.455. The molecule has 1 aromatic carbocycles. The average molecular weight is 368 g/mol. The van der Waals surface area contributed by atoms with Gasteiger partial charge in [-0.05, 0) is 56.5 Å². The maximum atomic E-state index is 12.0. The van der Waals surface area contributed by atoms with Crippen LogP contribution in [0, 0.1) is 11.3 Å². The molecule has 0 radical (unpaired) electrons. The van der Waals surface area contributed by atoms with Crippen molar-refractivity contribution in [2.24, 2.45) is 0 Å². The highest BCUT2D eigenvalue weighted by Gasteiger charge is 2.30. The van der Waals surface area contributed by atoms with Crippen molar-refractivity contribution in [2.45, 2.75) is 39.7 Å². The zero-order valence-corrected chi connectivity index (χ0v) is 16.8. The number of allylic oxidation sites excluding steroid dienone is 1. The number of hydrogen-bond acceptors (Lipinski definition) is 5. The molecule has 0 aliphatic carbocycles. The molecular formula is C22H28N2O3. The Hall–Kier alpha value is -2.58. The van der Waals surface area contributed by atoms with Gasteiger partial charge in [-0.15, -0.1) is 0 Å². The molecule has 1 aliphatic heterocycles. The summed E-state index contributed by atoms with van der Waals surface area (Å²) in [7, 11) is 1.53. The molecule has 2 rings (SSSR count). The van der Waals surface area contributed by atoms with Crippen molar-refractivity contribution in [3.8, 4) is 6.07 Å². The Morgan fingerprint density at radius 2 is 2.07 bits per heavy atom. The Kier molecular flexibility index (Phi) is 6.81. The van der Waals surface area contributed by atoms with Crippen LogP contribution in [0.3, 0.4) is 0 Å². The van der Waals surface area contributed by atoms with Crippen LogP contribution in [0.4, 0.5) is 5.69 Å². The number of esters is 1. The Bertz CT molecular complexity index is 800. The number of hydrogen-bond donors (Lipinski definition) is 0. The maximum Gasteiger partial charge on any atom is 0.348 e. The summed E-state index contributed by atoms with van der Waals surface area (Å²) in [5, 5.41) is 9.32. The monoisotopic (exact) mass is 368 g/mol. The van der Waals surface area contributed by atoms with Crippen LogP contribution in [0.15, 0.2) is 29.8 Å². The molecule has 0 fully saturated rings. The fourth-order valence-corrected chi connectivity index (χ4v) is 3.42. The Morgan fingerprint density at radius 1 is 1.33 bits per heavy atom. The van der Waals surface area contributed by atoms with E-state index in [9.17, 15) is 10.1 Å². The fourth-order valence-electron chi connectivity index (χ4n) is 3.42. The molecule has 144 valence electrons. The van der Waals surface area contributed by atoms with Gasteiger partial charge in [-0.3, -0.25) is 0 Å². The molecule has 27 heavy (non-hydrogen) atoms. The summed E-state index contributed by atoms with van der Waals surface area (Å²) >= 11 is 0. The van der Waals surface area contributed by atoms with Gasteiger partial charge in [0.25, 0.3) is 0 Å². The van der Waals surface area contributed by atoms with Crippen LogP contribution < -0.4 is 4.90 Å². The predicted octanol–water partition coefficient (Wildman–Crippen LogP) is 4.20. The van der Waals surface area contributed by atoms with E-state index in [1.54, 1.807) is 6.08 Å². The van der Waals surface area contributed by atoms with E-state index in [0.29, 0.717) is 6.61 Å². The van der Waals surface area contributed by atoms with Crippen molar-refractivity contribution in [2.75, 3.05) is 31.8 Å². The Balaban J connectivity index is 2.35. The average Bonchev–Trinajstić information content (AvgIpc) is 2.63. The van der Waals surface area contributed by atoms with Gasteiger partial charge in [0.1, 0.15) is 18.2 Å². The van der Waals surface area contributed by atoms with Gasteiger partial charge in [0.15, 0.2) is 0 Å². The summed E-state index contributed by atoms with van der Waals surface area (Å²) in [5.41, 5.74) is 4.24. The van der Waals surface area contributed by atoms with Crippen molar-refractivity contribution >= 4 is 23.3 Å². The first-order valence-corrected chi connectivity index (χ1v) is 9.23. The van der Waals surface area contributed by atoms with Gasteiger partial charge in [0.2, 0.25) is 0 Å². The predicted molar refractivity (Wildman–Crippen MR) is 108 cm³/mol. The summed E-state index contributed by atoms with van der Waals surface area (Å²) < 4.78 is 9.90. The lowest BCUT2D eigenvalue weighted by Gasteiger charge is -2.43. The van der Waals surface area contributed by atoms with Gasteiger partial charge in [-0.2, -0.15) is 5.26 Å². The number of benzene rings is 1. The van der Waals surface area contributed by atoms with E-state index < -0.39 is 5.97 Å². The molecule has 1 heterocycles. The second-order valence-electron chi connectivity index (χ2n) is 7.21. The normalized spacial score (nSPS) is 15.6. The lowest BCUT2D eigenvalue weighted by Crippen LogP contribution is -2.45. The van der Waals surface area contributed by atoms with E-state index in [0.717, 1.165) is 24.1 Å². The molecule has 0 unspecified atom stereocenters. The van der Waals surface area contributed by atoms with E-state index in [-0.39, 0.29) is 17.7 Å². The van der Waals surface area contributed by atoms with Crippen molar-refractivity contribution in [3.63, 3.8) is 0 Å². The molecule has 1 aromatic rings. The van der Waals surface area contributed by atoms with Crippen LogP contribution in [-0.2, 0) is 14.3 Å². The van der Waals surface area contributed by atoms with Crippen LogP contribution in [0.2, 0.25) is 0 Å². The molecule has 0 spiro atoms. The van der Waals surface area contributed by atoms with E-state index in [4.69, 9.17) is 9.47 Å². The molecule has 5 nitrogen and oxygen atoms in total. The van der Waals surface area contributed by atoms with Crippen molar-refractivity contribution in [1.29, 1.82) is 5.26 Å². The van der Waals surface area contributed by atoms with Crippen LogP contribution in [0.25, 0.3) is 11.6 Å². The topological polar surface area (TPSA) is 62.6 Å². The highest BCUT2D eigenvalue weighted by atomic mass is 16.6. The SMILES string of the molecule is CCCN1c2ccc(/C=C(/C#N)C(=O)OCCOC)cc2C(C)=CC1(C)C. The van der Waals surface area contributed by atoms with Crippen LogP contribution >= 0.6 is 0 Å². The van der Waals surface area contributed by atoms with Gasteiger partial charge < -0.3 is 14.4 Å². The highest BCUT2D eigenvalue weighted by Crippen LogP contribution is 2.39. The van der Waals surface area contributed by atoms with E-state index >= 15 is 0 Å². The number of nitrogens with zero attached hydrogens (tertiary/aromatic N) is 2. The molecule has 0 saturated carbocycles. The lowest BCUT2D eigenvalue weighted by atomic mass is 9.87. The van der Waals surface area contributed by atoms with Gasteiger partial charge >= 0.3 is 5.97 Å². The van der Waals surface area contributed by atoms with Gasteiger partial charge in [0.05, 0.1) is 12.1 Å². The number of carbonyl (C=O) groups excluding carboxylic acids is 1. The molecule has 0 bridgehead atoms. The third kappa shape index (κ3) is 4.78. The molecular weight excluding hydrogens is 340 g/mol. The second kappa shape index (κ2) is 8.88. The minimum Gasteiger partial charge on any atom is -0.459 e. The van der Waals surface area contributed by atoms with Gasteiger partial charge in [-0.25, -0.2) is 4.79 Å². The third-order valence-electron chi connectivity index (χ3n) is 4.62. The first kappa shape index (κ1) is 20.7. The molecule has 5 heteroatoms. The molecule has 0 atom stereocenters. The lowest BCUT2D eigenvalue weighted by molar-refractivity contribution is -0.139. The van der Waals surface area contributed by atoms with Crippen LogP contribution in [-0.4, -0.2) is 38.4 Å². The number of ether oxygens (including phenoxy) is 2. The Labute approximate surface area is 161 Å². The first-order valence-electron chi connectivity index (χ1n) is 9.23. The first-order chi connectivity index (χ1) is 12.8. The van der Waals surface area contributed by atoms with Crippen molar-refractivity contribution in [1.82, 2.24) is 0 Å². The number of rotatable bonds is 7. The van der Waals surface area contributed by atoms with Crippen molar-refractivity contribution < 1.29 is 14.3 Å². The van der Waals surface area contributed by atoms with Crippen LogP contribution in [0.5, 0.6) is 0 Å². The number of methoxy groups -OCH3 is 1. The molecule has 0 aromatic heterocycles. The number of anilines is 1. The van der Waals surface area contributed by atoms with E-state index in [1.807, 2.05) is 18.2 Å². The summed E-state index contributed by atoms with van der Waals surface area (Å²) in [6, 6.07) is 7.97. The van der Waals surface area contributed by atoms with Crippen LogP contribution in [0.1, 0.15) is 45.2 Å². The molecule has 0 saturated heterocycles. The second-order valence-corrected chi connectivity index (χ2v) is 7.21. The largest absolute Gasteiger partial charge is 0.459 e. The Morgan fingerprint density at radius 3 is 2.70 bits per heavy atom. The standard InChI is InChI=1S/C22H28N2O3/c1-6-9-24-20-8-7-17(13-19(20)16(2)14-22(24,3)4)12-18(15-23)21(25)27-11-10-26-5/h7-8,12-14H,6,9-11H2,1-5H3/b18-12-.